The van der Waals surface area contributed by atoms with Crippen molar-refractivity contribution < 1.29 is 4.79 Å². The van der Waals surface area contributed by atoms with Crippen LogP contribution in [-0.4, -0.2) is 16.0 Å². The van der Waals surface area contributed by atoms with Gasteiger partial charge < -0.3 is 5.73 Å². The van der Waals surface area contributed by atoms with Crippen molar-refractivity contribution in [3.8, 4) is 0 Å². The van der Waals surface area contributed by atoms with E-state index in [4.69, 9.17) is 5.73 Å². The number of carbonyl (C=O) groups is 1. The Bertz CT molecular complexity index is 834. The molecule has 3 rings (SSSR count). The Kier molecular flexibility index (Phi) is 7.91. The van der Waals surface area contributed by atoms with E-state index in [1.165, 1.54) is 16.7 Å². The third-order valence-corrected chi connectivity index (χ3v) is 4.14. The van der Waals surface area contributed by atoms with Gasteiger partial charge in [-0.2, -0.15) is 0 Å². The number of nitrogens with two attached hydrogens (primary N) is 1. The van der Waals surface area contributed by atoms with Crippen molar-refractivity contribution in [3.05, 3.63) is 64.7 Å². The summed E-state index contributed by atoms with van der Waals surface area (Å²) in [6.07, 6.45) is 0.435. The summed E-state index contributed by atoms with van der Waals surface area (Å²) in [5.41, 5.74) is 14.1. The SMILES string of the molecule is C=C(C)C(=O)Cc1ccc2[nH][nH]c2c1.CC.Cc1cc(C)c(N)cc1C. The van der Waals surface area contributed by atoms with E-state index >= 15 is 0 Å². The number of hydrogen-bond acceptors (Lipinski definition) is 2. The highest BCUT2D eigenvalue weighted by atomic mass is 16.1. The smallest absolute Gasteiger partial charge is 0.162 e. The lowest BCUT2D eigenvalue weighted by Crippen LogP contribution is -2.03. The van der Waals surface area contributed by atoms with Crippen LogP contribution in [0.5, 0.6) is 0 Å². The first-order chi connectivity index (χ1) is 12.3. The van der Waals surface area contributed by atoms with E-state index in [9.17, 15) is 4.79 Å². The zero-order valence-electron chi connectivity index (χ0n) is 16.8. The van der Waals surface area contributed by atoms with E-state index in [-0.39, 0.29) is 5.78 Å². The minimum absolute atomic E-state index is 0.0947. The highest BCUT2D eigenvalue weighted by Gasteiger charge is 2.05. The minimum atomic E-state index is 0.0947. The highest BCUT2D eigenvalue weighted by molar-refractivity contribution is 5.96. The Morgan fingerprint density at radius 3 is 2.00 bits per heavy atom. The largest absolute Gasteiger partial charge is 0.399 e. The van der Waals surface area contributed by atoms with Gasteiger partial charge in [-0.05, 0) is 73.7 Å². The number of Topliss-reactive ketones (excluding diaryl/α,β-unsaturated/α-hetero) is 1. The van der Waals surface area contributed by atoms with Gasteiger partial charge in [-0.1, -0.05) is 32.6 Å². The average Bonchev–Trinajstić information content (AvgIpc) is 2.58. The maximum atomic E-state index is 11.4. The van der Waals surface area contributed by atoms with Gasteiger partial charge in [0.25, 0.3) is 0 Å². The summed E-state index contributed by atoms with van der Waals surface area (Å²) in [6, 6.07) is 10.0. The number of aromatic amines is 2. The van der Waals surface area contributed by atoms with Gasteiger partial charge in [-0.3, -0.25) is 15.0 Å². The summed E-state index contributed by atoms with van der Waals surface area (Å²) < 4.78 is 0. The Morgan fingerprint density at radius 1 is 0.962 bits per heavy atom. The first-order valence-corrected chi connectivity index (χ1v) is 8.95. The fraction of sp³-hybridized carbons (Fsp3) is 0.318. The molecule has 0 aliphatic heterocycles. The number of ketones is 1. The molecule has 0 saturated carbocycles. The van der Waals surface area contributed by atoms with E-state index in [0.717, 1.165) is 22.3 Å². The normalized spacial score (nSPS) is 9.77. The van der Waals surface area contributed by atoms with Gasteiger partial charge in [0.05, 0.1) is 11.0 Å². The second-order valence-electron chi connectivity index (χ2n) is 6.30. The van der Waals surface area contributed by atoms with Crippen LogP contribution in [0.2, 0.25) is 0 Å². The lowest BCUT2D eigenvalue weighted by atomic mass is 10.0. The lowest BCUT2D eigenvalue weighted by Gasteiger charge is -2.06. The summed E-state index contributed by atoms with van der Waals surface area (Å²) in [5.74, 6) is 0.0947. The van der Waals surface area contributed by atoms with E-state index < -0.39 is 0 Å². The topological polar surface area (TPSA) is 74.7 Å². The predicted octanol–water partition coefficient (Wildman–Crippen LogP) is 5.40. The van der Waals surface area contributed by atoms with Crippen molar-refractivity contribution in [2.75, 3.05) is 5.73 Å². The second-order valence-corrected chi connectivity index (χ2v) is 6.30. The molecule has 4 nitrogen and oxygen atoms in total. The van der Waals surface area contributed by atoms with Crippen LogP contribution in [0, 0.1) is 20.8 Å². The van der Waals surface area contributed by atoms with Crippen molar-refractivity contribution in [1.82, 2.24) is 10.2 Å². The number of nitrogen functional groups attached to an aromatic ring is 1. The first-order valence-electron chi connectivity index (χ1n) is 8.95. The fourth-order valence-corrected chi connectivity index (χ4v) is 2.31. The zero-order valence-corrected chi connectivity index (χ0v) is 16.8. The van der Waals surface area contributed by atoms with Crippen LogP contribution in [0.3, 0.4) is 0 Å². The quantitative estimate of drug-likeness (QED) is 0.435. The van der Waals surface area contributed by atoms with Crippen molar-refractivity contribution in [2.24, 2.45) is 0 Å². The molecule has 0 spiro atoms. The van der Waals surface area contributed by atoms with Crippen LogP contribution < -0.4 is 5.73 Å². The lowest BCUT2D eigenvalue weighted by molar-refractivity contribution is -0.114. The molecule has 0 aliphatic carbocycles. The summed E-state index contributed by atoms with van der Waals surface area (Å²) in [7, 11) is 0. The highest BCUT2D eigenvalue weighted by Crippen LogP contribution is 2.16. The van der Waals surface area contributed by atoms with Gasteiger partial charge in [0.15, 0.2) is 5.78 Å². The number of benzene rings is 2. The van der Waals surface area contributed by atoms with Gasteiger partial charge in [0.1, 0.15) is 0 Å². The van der Waals surface area contributed by atoms with E-state index in [2.05, 4.69) is 36.7 Å². The van der Waals surface area contributed by atoms with Crippen LogP contribution in [0.25, 0.3) is 11.0 Å². The van der Waals surface area contributed by atoms with Crippen molar-refractivity contribution in [1.29, 1.82) is 0 Å². The van der Waals surface area contributed by atoms with Crippen LogP contribution in [-0.2, 0) is 11.2 Å². The number of H-pyrrole nitrogens is 2. The number of allylic oxidation sites excluding steroid dienone is 1. The van der Waals surface area contributed by atoms with Gasteiger partial charge in [-0.15, -0.1) is 0 Å². The molecule has 4 heteroatoms. The Morgan fingerprint density at radius 2 is 1.54 bits per heavy atom. The molecule has 0 unspecified atom stereocenters. The molecule has 0 atom stereocenters. The molecule has 140 valence electrons. The molecule has 0 aliphatic rings. The van der Waals surface area contributed by atoms with Gasteiger partial charge in [0, 0.05) is 12.1 Å². The average molecular weight is 354 g/mol. The Hall–Kier alpha value is -2.75. The molecule has 2 aromatic carbocycles. The molecule has 0 amide bonds. The van der Waals surface area contributed by atoms with Crippen LogP contribution >= 0.6 is 0 Å². The third kappa shape index (κ3) is 5.66. The number of nitrogens with one attached hydrogen (secondary N) is 2. The summed E-state index contributed by atoms with van der Waals surface area (Å²) >= 11 is 0. The van der Waals surface area contributed by atoms with Crippen LogP contribution in [0.4, 0.5) is 5.69 Å². The van der Waals surface area contributed by atoms with Crippen molar-refractivity contribution in [3.63, 3.8) is 0 Å². The van der Waals surface area contributed by atoms with E-state index in [0.29, 0.717) is 12.0 Å². The number of hydrogen-bond donors (Lipinski definition) is 3. The summed E-state index contributed by atoms with van der Waals surface area (Å²) in [4.78, 5) is 11.4. The van der Waals surface area contributed by atoms with E-state index in [1.807, 2.05) is 45.0 Å². The number of fused-ring (bicyclic) bond motifs is 1. The molecule has 0 bridgehead atoms. The number of rotatable bonds is 3. The Balaban J connectivity index is 0.000000249. The summed E-state index contributed by atoms with van der Waals surface area (Å²) in [5, 5.41) is 5.89. The Labute approximate surface area is 156 Å². The molecule has 0 radical (unpaired) electrons. The number of aromatic nitrogens is 2. The molecule has 0 fully saturated rings. The maximum absolute atomic E-state index is 11.4. The second kappa shape index (κ2) is 9.66. The monoisotopic (exact) mass is 353 g/mol. The standard InChI is InChI=1S/C11H12N2O.C9H13N.C2H6/c1-7(2)11(14)6-8-3-4-9-10(5-8)13-12-9;1-6-4-8(3)9(10)5-7(6)2;1-2/h3-5,12-13H,1,6H2,2H3;4-5H,10H2,1-3H3;1-2H3. The third-order valence-electron chi connectivity index (χ3n) is 4.14. The van der Waals surface area contributed by atoms with Crippen molar-refractivity contribution >= 4 is 22.5 Å². The molecule has 3 aromatic rings. The number of carbonyl (C=O) groups excluding carboxylic acids is 1. The predicted molar refractivity (Wildman–Crippen MR) is 113 cm³/mol. The molecule has 26 heavy (non-hydrogen) atoms. The van der Waals surface area contributed by atoms with Crippen LogP contribution in [0.1, 0.15) is 43.0 Å². The van der Waals surface area contributed by atoms with Gasteiger partial charge >= 0.3 is 0 Å². The minimum Gasteiger partial charge on any atom is -0.399 e. The number of anilines is 1. The number of aryl methyl sites for hydroxylation is 3. The molecule has 1 aromatic heterocycles. The first kappa shape index (κ1) is 21.3. The molecule has 1 heterocycles. The summed E-state index contributed by atoms with van der Waals surface area (Å²) in [6.45, 7) is 15.6. The zero-order chi connectivity index (χ0) is 19.9. The van der Waals surface area contributed by atoms with Gasteiger partial charge in [-0.25, -0.2) is 0 Å². The molecule has 0 saturated heterocycles. The molecule has 4 N–H and O–H groups in total. The van der Waals surface area contributed by atoms with Crippen molar-refractivity contribution in [2.45, 2.75) is 48.0 Å². The van der Waals surface area contributed by atoms with Crippen LogP contribution in [0.15, 0.2) is 42.5 Å². The maximum Gasteiger partial charge on any atom is 0.162 e. The fourth-order valence-electron chi connectivity index (χ4n) is 2.31. The molecular formula is C22H31N3O. The van der Waals surface area contributed by atoms with Gasteiger partial charge in [0.2, 0.25) is 0 Å². The molecular weight excluding hydrogens is 322 g/mol. The van der Waals surface area contributed by atoms with E-state index in [1.54, 1.807) is 6.92 Å².